The van der Waals surface area contributed by atoms with Gasteiger partial charge in [-0.15, -0.1) is 0 Å². The molecular formula is C19H39N3. The normalized spacial score (nSPS) is 23.0. The first kappa shape index (κ1) is 18.2. The molecule has 3 heteroatoms. The Morgan fingerprint density at radius 3 is 2.14 bits per heavy atom. The first-order valence-electron chi connectivity index (χ1n) is 9.96. The molecule has 2 aliphatic carbocycles. The maximum absolute atomic E-state index is 6.76. The van der Waals surface area contributed by atoms with E-state index in [0.717, 1.165) is 19.1 Å². The van der Waals surface area contributed by atoms with E-state index < -0.39 is 0 Å². The van der Waals surface area contributed by atoms with E-state index in [4.69, 9.17) is 11.5 Å². The van der Waals surface area contributed by atoms with E-state index in [1.165, 1.54) is 96.4 Å². The Bertz CT molecular complexity index is 280. The van der Waals surface area contributed by atoms with Gasteiger partial charge in [0.25, 0.3) is 0 Å². The van der Waals surface area contributed by atoms with Crippen molar-refractivity contribution in [3.8, 4) is 0 Å². The average molecular weight is 310 g/mol. The van der Waals surface area contributed by atoms with Gasteiger partial charge < -0.3 is 11.5 Å². The van der Waals surface area contributed by atoms with Crippen LogP contribution in [0.15, 0.2) is 0 Å². The van der Waals surface area contributed by atoms with Gasteiger partial charge in [-0.25, -0.2) is 0 Å². The van der Waals surface area contributed by atoms with Crippen LogP contribution in [-0.4, -0.2) is 36.1 Å². The lowest BCUT2D eigenvalue weighted by Crippen LogP contribution is -2.54. The molecule has 3 nitrogen and oxygen atoms in total. The third-order valence-electron chi connectivity index (χ3n) is 5.86. The van der Waals surface area contributed by atoms with Crippen molar-refractivity contribution in [2.45, 2.75) is 101 Å². The fourth-order valence-electron chi connectivity index (χ4n) is 4.47. The van der Waals surface area contributed by atoms with Gasteiger partial charge in [0.2, 0.25) is 0 Å². The van der Waals surface area contributed by atoms with Crippen molar-refractivity contribution in [3.05, 3.63) is 0 Å². The zero-order chi connectivity index (χ0) is 15.7. The van der Waals surface area contributed by atoms with Gasteiger partial charge in [-0.2, -0.15) is 0 Å². The zero-order valence-corrected chi connectivity index (χ0v) is 14.7. The molecule has 0 saturated heterocycles. The number of hydrogen-bond acceptors (Lipinski definition) is 3. The van der Waals surface area contributed by atoms with Crippen LogP contribution in [0.3, 0.4) is 0 Å². The van der Waals surface area contributed by atoms with Gasteiger partial charge in [0, 0.05) is 18.1 Å². The quantitative estimate of drug-likeness (QED) is 0.637. The van der Waals surface area contributed by atoms with Crippen molar-refractivity contribution in [2.75, 3.05) is 19.6 Å². The molecule has 0 unspecified atom stereocenters. The number of rotatable bonds is 9. The Labute approximate surface area is 138 Å². The summed E-state index contributed by atoms with van der Waals surface area (Å²) in [6.07, 6.45) is 18.8. The summed E-state index contributed by atoms with van der Waals surface area (Å²) >= 11 is 0. The summed E-state index contributed by atoms with van der Waals surface area (Å²) in [5.74, 6) is 0. The molecule has 2 rings (SSSR count). The standard InChI is InChI=1S/C19H39N3/c20-15-9-1-2-10-16-22(18-11-5-3-6-12-18)17-19(21)13-7-4-8-14-19/h18H,1-17,20-21H2. The van der Waals surface area contributed by atoms with Crippen molar-refractivity contribution in [1.29, 1.82) is 0 Å². The maximum atomic E-state index is 6.76. The second-order valence-electron chi connectivity index (χ2n) is 7.89. The Morgan fingerprint density at radius 1 is 0.818 bits per heavy atom. The first-order chi connectivity index (χ1) is 10.7. The largest absolute Gasteiger partial charge is 0.330 e. The van der Waals surface area contributed by atoms with Crippen LogP contribution in [0, 0.1) is 0 Å². The van der Waals surface area contributed by atoms with E-state index in [-0.39, 0.29) is 5.54 Å². The molecule has 0 atom stereocenters. The second kappa shape index (κ2) is 9.89. The van der Waals surface area contributed by atoms with Crippen LogP contribution in [0.25, 0.3) is 0 Å². The lowest BCUT2D eigenvalue weighted by molar-refractivity contribution is 0.103. The molecule has 0 amide bonds. The molecular weight excluding hydrogens is 270 g/mol. The molecule has 130 valence electrons. The lowest BCUT2D eigenvalue weighted by Gasteiger charge is -2.42. The van der Waals surface area contributed by atoms with Gasteiger partial charge in [-0.1, -0.05) is 51.4 Å². The minimum atomic E-state index is 0.104. The van der Waals surface area contributed by atoms with Crippen molar-refractivity contribution in [1.82, 2.24) is 4.90 Å². The van der Waals surface area contributed by atoms with Crippen LogP contribution in [0.4, 0.5) is 0 Å². The van der Waals surface area contributed by atoms with E-state index in [1.807, 2.05) is 0 Å². The lowest BCUT2D eigenvalue weighted by atomic mass is 9.81. The summed E-state index contributed by atoms with van der Waals surface area (Å²) in [5, 5.41) is 0. The molecule has 2 saturated carbocycles. The second-order valence-corrected chi connectivity index (χ2v) is 7.89. The number of nitrogens with zero attached hydrogens (tertiary/aromatic N) is 1. The zero-order valence-electron chi connectivity index (χ0n) is 14.7. The highest BCUT2D eigenvalue weighted by atomic mass is 15.2. The fraction of sp³-hybridized carbons (Fsp3) is 1.00. The predicted octanol–water partition coefficient (Wildman–Crippen LogP) is 3.80. The minimum Gasteiger partial charge on any atom is -0.330 e. The molecule has 0 aliphatic heterocycles. The number of hydrogen-bond donors (Lipinski definition) is 2. The molecule has 0 heterocycles. The molecule has 22 heavy (non-hydrogen) atoms. The highest BCUT2D eigenvalue weighted by Gasteiger charge is 2.32. The Balaban J connectivity index is 1.83. The Morgan fingerprint density at radius 2 is 1.45 bits per heavy atom. The van der Waals surface area contributed by atoms with Crippen molar-refractivity contribution in [3.63, 3.8) is 0 Å². The average Bonchev–Trinajstić information content (AvgIpc) is 2.55. The van der Waals surface area contributed by atoms with E-state index in [0.29, 0.717) is 0 Å². The van der Waals surface area contributed by atoms with Crippen LogP contribution in [-0.2, 0) is 0 Å². The third kappa shape index (κ3) is 6.17. The first-order valence-corrected chi connectivity index (χ1v) is 9.96. The molecule has 0 aromatic carbocycles. The molecule has 0 aromatic heterocycles. The van der Waals surface area contributed by atoms with Crippen LogP contribution in [0.2, 0.25) is 0 Å². The van der Waals surface area contributed by atoms with Crippen LogP contribution in [0.1, 0.15) is 89.9 Å². The molecule has 0 radical (unpaired) electrons. The molecule has 0 spiro atoms. The molecule has 0 aromatic rings. The van der Waals surface area contributed by atoms with Crippen molar-refractivity contribution in [2.24, 2.45) is 11.5 Å². The molecule has 0 bridgehead atoms. The third-order valence-corrected chi connectivity index (χ3v) is 5.86. The number of unbranched alkanes of at least 4 members (excludes halogenated alkanes) is 3. The predicted molar refractivity (Wildman–Crippen MR) is 96.0 cm³/mol. The van der Waals surface area contributed by atoms with Gasteiger partial charge in [0.15, 0.2) is 0 Å². The van der Waals surface area contributed by atoms with Crippen LogP contribution >= 0.6 is 0 Å². The highest BCUT2D eigenvalue weighted by molar-refractivity contribution is 4.92. The van der Waals surface area contributed by atoms with Crippen LogP contribution < -0.4 is 11.5 Å². The minimum absolute atomic E-state index is 0.104. The molecule has 2 aliphatic rings. The molecule has 4 N–H and O–H groups in total. The van der Waals surface area contributed by atoms with E-state index in [2.05, 4.69) is 4.90 Å². The fourth-order valence-corrected chi connectivity index (χ4v) is 4.47. The van der Waals surface area contributed by atoms with Gasteiger partial charge in [-0.3, -0.25) is 4.90 Å². The smallest absolute Gasteiger partial charge is 0.0283 e. The summed E-state index contributed by atoms with van der Waals surface area (Å²) in [6, 6.07) is 0.811. The summed E-state index contributed by atoms with van der Waals surface area (Å²) in [4.78, 5) is 2.78. The summed E-state index contributed by atoms with van der Waals surface area (Å²) < 4.78 is 0. The topological polar surface area (TPSA) is 55.3 Å². The molecule has 2 fully saturated rings. The van der Waals surface area contributed by atoms with Gasteiger partial charge >= 0.3 is 0 Å². The number of nitrogens with two attached hydrogens (primary N) is 2. The highest BCUT2D eigenvalue weighted by Crippen LogP contribution is 2.30. The Kier molecular flexibility index (Phi) is 8.19. The van der Waals surface area contributed by atoms with Gasteiger partial charge in [0.1, 0.15) is 0 Å². The van der Waals surface area contributed by atoms with Crippen molar-refractivity contribution < 1.29 is 0 Å². The van der Waals surface area contributed by atoms with E-state index >= 15 is 0 Å². The summed E-state index contributed by atoms with van der Waals surface area (Å²) in [6.45, 7) is 3.25. The van der Waals surface area contributed by atoms with Gasteiger partial charge in [-0.05, 0) is 51.6 Å². The van der Waals surface area contributed by atoms with Crippen molar-refractivity contribution >= 4 is 0 Å². The van der Waals surface area contributed by atoms with Gasteiger partial charge in [0.05, 0.1) is 0 Å². The van der Waals surface area contributed by atoms with E-state index in [1.54, 1.807) is 0 Å². The summed E-state index contributed by atoms with van der Waals surface area (Å²) in [5.41, 5.74) is 12.5. The Hall–Kier alpha value is -0.120. The maximum Gasteiger partial charge on any atom is 0.0283 e. The summed E-state index contributed by atoms with van der Waals surface area (Å²) in [7, 11) is 0. The SMILES string of the molecule is NCCCCCCN(CC1(N)CCCCC1)C1CCCCC1. The van der Waals surface area contributed by atoms with E-state index in [9.17, 15) is 0 Å². The van der Waals surface area contributed by atoms with Crippen LogP contribution in [0.5, 0.6) is 0 Å². The monoisotopic (exact) mass is 309 g/mol.